The number of hydrogen-bond donors (Lipinski definition) is 0. The Balaban J connectivity index is 4.24. The van der Waals surface area contributed by atoms with E-state index in [1.165, 1.54) is 6.42 Å². The highest BCUT2D eigenvalue weighted by molar-refractivity contribution is 6.03. The molecule has 106 valence electrons. The maximum Gasteiger partial charge on any atom is 0.319 e. The summed E-state index contributed by atoms with van der Waals surface area (Å²) >= 11 is 0. The van der Waals surface area contributed by atoms with Crippen molar-refractivity contribution in [2.75, 3.05) is 26.7 Å². The number of rotatable bonds is 9. The number of ether oxygens (including phenoxy) is 1. The van der Waals surface area contributed by atoms with Crippen LogP contribution >= 0.6 is 0 Å². The molecule has 0 aromatic heterocycles. The van der Waals surface area contributed by atoms with Gasteiger partial charge in [0.15, 0.2) is 5.78 Å². The maximum atomic E-state index is 12.1. The Morgan fingerprint density at radius 2 is 1.78 bits per heavy atom. The summed E-state index contributed by atoms with van der Waals surface area (Å²) in [7, 11) is 1.91. The molecule has 0 heterocycles. The normalized spacial score (nSPS) is 11.7. The molecule has 0 radical (unpaired) electrons. The van der Waals surface area contributed by atoms with E-state index in [0.717, 1.165) is 19.4 Å². The molecule has 0 aliphatic carbocycles. The molecule has 0 amide bonds. The van der Waals surface area contributed by atoms with Crippen molar-refractivity contribution in [2.45, 2.75) is 47.0 Å². The third-order valence-corrected chi connectivity index (χ3v) is 3.04. The zero-order valence-electron chi connectivity index (χ0n) is 12.4. The monoisotopic (exact) mass is 257 g/mol. The number of likely N-dealkylation sites (N-methyl/N-ethyl adjacent to an activating group) is 1. The second kappa shape index (κ2) is 8.25. The molecule has 18 heavy (non-hydrogen) atoms. The zero-order valence-corrected chi connectivity index (χ0v) is 12.4. The van der Waals surface area contributed by atoms with Crippen LogP contribution in [-0.2, 0) is 14.3 Å². The van der Waals surface area contributed by atoms with Crippen molar-refractivity contribution in [1.82, 2.24) is 4.90 Å². The molecule has 0 atom stereocenters. The highest BCUT2D eigenvalue weighted by Crippen LogP contribution is 2.19. The van der Waals surface area contributed by atoms with Crippen molar-refractivity contribution in [2.24, 2.45) is 5.41 Å². The summed E-state index contributed by atoms with van der Waals surface area (Å²) in [5.41, 5.74) is -1.05. The molecule has 0 aromatic rings. The van der Waals surface area contributed by atoms with E-state index in [0.29, 0.717) is 13.2 Å². The molecule has 0 aliphatic heterocycles. The van der Waals surface area contributed by atoms with E-state index in [9.17, 15) is 9.59 Å². The summed E-state index contributed by atoms with van der Waals surface area (Å²) in [6.45, 7) is 8.65. The Morgan fingerprint density at radius 3 is 2.28 bits per heavy atom. The van der Waals surface area contributed by atoms with E-state index in [4.69, 9.17) is 4.74 Å². The third kappa shape index (κ3) is 5.63. The molecule has 0 saturated carbocycles. The standard InChI is InChI=1S/C14H27NO3/c1-6-8-9-10-15(5)11-12(16)14(3,4)13(17)18-7-2/h6-11H2,1-5H3. The fourth-order valence-corrected chi connectivity index (χ4v) is 1.58. The van der Waals surface area contributed by atoms with Crippen LogP contribution in [0.15, 0.2) is 0 Å². The Bertz CT molecular complexity index is 274. The number of esters is 1. The Kier molecular flexibility index (Phi) is 7.83. The molecule has 0 bridgehead atoms. The predicted octanol–water partition coefficient (Wildman–Crippen LogP) is 2.27. The predicted molar refractivity (Wildman–Crippen MR) is 72.4 cm³/mol. The van der Waals surface area contributed by atoms with Gasteiger partial charge in [-0.25, -0.2) is 0 Å². The first-order chi connectivity index (χ1) is 8.36. The molecule has 0 unspecified atom stereocenters. The first-order valence-corrected chi connectivity index (χ1v) is 6.75. The number of carbonyl (C=O) groups is 2. The number of Topliss-reactive ketones (excluding diaryl/α,β-unsaturated/α-hetero) is 1. The minimum atomic E-state index is -1.05. The highest BCUT2D eigenvalue weighted by Gasteiger charge is 2.37. The van der Waals surface area contributed by atoms with Gasteiger partial charge in [0.2, 0.25) is 0 Å². The van der Waals surface area contributed by atoms with Gasteiger partial charge in [0.25, 0.3) is 0 Å². The van der Waals surface area contributed by atoms with Gasteiger partial charge < -0.3 is 4.74 Å². The smallest absolute Gasteiger partial charge is 0.319 e. The first-order valence-electron chi connectivity index (χ1n) is 6.75. The molecular formula is C14H27NO3. The van der Waals surface area contributed by atoms with Crippen molar-refractivity contribution >= 4 is 11.8 Å². The van der Waals surface area contributed by atoms with Crippen LogP contribution in [0.1, 0.15) is 47.0 Å². The molecule has 0 spiro atoms. The summed E-state index contributed by atoms with van der Waals surface area (Å²) in [4.78, 5) is 25.7. The van der Waals surface area contributed by atoms with Crippen molar-refractivity contribution in [3.8, 4) is 0 Å². The Hall–Kier alpha value is -0.900. The summed E-state index contributed by atoms with van der Waals surface area (Å²) in [5, 5.41) is 0. The second-order valence-corrected chi connectivity index (χ2v) is 5.21. The zero-order chi connectivity index (χ0) is 14.2. The lowest BCUT2D eigenvalue weighted by molar-refractivity contribution is -0.158. The fourth-order valence-electron chi connectivity index (χ4n) is 1.58. The Labute approximate surface area is 111 Å². The highest BCUT2D eigenvalue weighted by atomic mass is 16.5. The Morgan fingerprint density at radius 1 is 1.17 bits per heavy atom. The SMILES string of the molecule is CCCCCN(C)CC(=O)C(C)(C)C(=O)OCC. The number of unbranched alkanes of at least 4 members (excludes halogenated alkanes) is 2. The minimum Gasteiger partial charge on any atom is -0.465 e. The van der Waals surface area contributed by atoms with Crippen molar-refractivity contribution < 1.29 is 14.3 Å². The molecule has 4 heteroatoms. The van der Waals surface area contributed by atoms with Crippen LogP contribution in [-0.4, -0.2) is 43.4 Å². The molecule has 0 fully saturated rings. The maximum absolute atomic E-state index is 12.1. The van der Waals surface area contributed by atoms with E-state index in [2.05, 4.69) is 6.92 Å². The van der Waals surface area contributed by atoms with Gasteiger partial charge in [0.05, 0.1) is 13.2 Å². The van der Waals surface area contributed by atoms with E-state index in [-0.39, 0.29) is 5.78 Å². The second-order valence-electron chi connectivity index (χ2n) is 5.21. The molecular weight excluding hydrogens is 230 g/mol. The van der Waals surface area contributed by atoms with Crippen LogP contribution in [0.3, 0.4) is 0 Å². The lowest BCUT2D eigenvalue weighted by atomic mass is 9.88. The molecule has 0 aliphatic rings. The fraction of sp³-hybridized carbons (Fsp3) is 0.857. The number of hydrogen-bond acceptors (Lipinski definition) is 4. The van der Waals surface area contributed by atoms with Gasteiger partial charge in [-0.05, 0) is 40.8 Å². The lowest BCUT2D eigenvalue weighted by Gasteiger charge is -2.24. The minimum absolute atomic E-state index is 0.0834. The van der Waals surface area contributed by atoms with Gasteiger partial charge in [0, 0.05) is 0 Å². The van der Waals surface area contributed by atoms with Gasteiger partial charge in [-0.2, -0.15) is 0 Å². The largest absolute Gasteiger partial charge is 0.465 e. The van der Waals surface area contributed by atoms with E-state index >= 15 is 0 Å². The quantitative estimate of drug-likeness (QED) is 0.361. The third-order valence-electron chi connectivity index (χ3n) is 3.04. The summed E-state index contributed by atoms with van der Waals surface area (Å²) < 4.78 is 4.93. The molecule has 0 saturated heterocycles. The molecule has 4 nitrogen and oxygen atoms in total. The molecule has 0 rings (SSSR count). The molecule has 0 N–H and O–H groups in total. The van der Waals surface area contributed by atoms with Crippen molar-refractivity contribution in [1.29, 1.82) is 0 Å². The number of nitrogens with zero attached hydrogens (tertiary/aromatic N) is 1. The molecule has 0 aromatic carbocycles. The van der Waals surface area contributed by atoms with E-state index in [1.807, 2.05) is 11.9 Å². The summed E-state index contributed by atoms with van der Waals surface area (Å²) in [5.74, 6) is -0.517. The average molecular weight is 257 g/mol. The van der Waals surface area contributed by atoms with Gasteiger partial charge >= 0.3 is 5.97 Å². The van der Waals surface area contributed by atoms with Gasteiger partial charge in [-0.3, -0.25) is 14.5 Å². The van der Waals surface area contributed by atoms with Gasteiger partial charge in [-0.15, -0.1) is 0 Å². The topological polar surface area (TPSA) is 46.6 Å². The lowest BCUT2D eigenvalue weighted by Crippen LogP contribution is -2.41. The van der Waals surface area contributed by atoms with Crippen LogP contribution < -0.4 is 0 Å². The number of ketones is 1. The van der Waals surface area contributed by atoms with Gasteiger partial charge in [-0.1, -0.05) is 19.8 Å². The van der Waals surface area contributed by atoms with Gasteiger partial charge in [0.1, 0.15) is 5.41 Å². The van der Waals surface area contributed by atoms with Crippen LogP contribution in [0, 0.1) is 5.41 Å². The van der Waals surface area contributed by atoms with Crippen LogP contribution in [0.5, 0.6) is 0 Å². The van der Waals surface area contributed by atoms with Crippen molar-refractivity contribution in [3.05, 3.63) is 0 Å². The van der Waals surface area contributed by atoms with Crippen LogP contribution in [0.2, 0.25) is 0 Å². The van der Waals surface area contributed by atoms with Crippen molar-refractivity contribution in [3.63, 3.8) is 0 Å². The van der Waals surface area contributed by atoms with Crippen LogP contribution in [0.4, 0.5) is 0 Å². The summed E-state index contributed by atoms with van der Waals surface area (Å²) in [6.07, 6.45) is 3.41. The number of carbonyl (C=O) groups excluding carboxylic acids is 2. The average Bonchev–Trinajstić information content (AvgIpc) is 2.29. The van der Waals surface area contributed by atoms with E-state index < -0.39 is 11.4 Å². The van der Waals surface area contributed by atoms with E-state index in [1.54, 1.807) is 20.8 Å². The summed E-state index contributed by atoms with van der Waals surface area (Å²) in [6, 6.07) is 0. The van der Waals surface area contributed by atoms with Crippen LogP contribution in [0.25, 0.3) is 0 Å². The first kappa shape index (κ1) is 17.1.